The summed E-state index contributed by atoms with van der Waals surface area (Å²) in [4.78, 5) is 14.9. The smallest absolute Gasteiger partial charge is 0.141 e. The summed E-state index contributed by atoms with van der Waals surface area (Å²) in [5, 5.41) is 4.33. The lowest BCUT2D eigenvalue weighted by Gasteiger charge is -2.36. The summed E-state index contributed by atoms with van der Waals surface area (Å²) in [6.07, 6.45) is 4.41. The average Bonchev–Trinajstić information content (AvgIpc) is 3.32. The van der Waals surface area contributed by atoms with Gasteiger partial charge in [0.1, 0.15) is 17.9 Å². The fourth-order valence-electron chi connectivity index (χ4n) is 4.02. The molecular formula is C20H26N6O. The van der Waals surface area contributed by atoms with Gasteiger partial charge in [-0.25, -0.2) is 14.6 Å². The van der Waals surface area contributed by atoms with Gasteiger partial charge in [-0.3, -0.25) is 4.90 Å². The Morgan fingerprint density at radius 2 is 2.07 bits per heavy atom. The molecule has 4 rings (SSSR count). The van der Waals surface area contributed by atoms with Crippen molar-refractivity contribution >= 4 is 0 Å². The van der Waals surface area contributed by atoms with E-state index in [1.54, 1.807) is 19.8 Å². The molecule has 1 atom stereocenters. The highest BCUT2D eigenvalue weighted by Crippen LogP contribution is 2.37. The standard InChI is InChI=1S/C20H26N6O/c1-5-26-18(22-12-24-26)10-25-7-6-16-19(23-11-21-16)20(25)15-8-14(3)17(27-4)9-13(15)2/h8-9,11-12,20H,5-7,10H2,1-4H3,(H,21,23)/t20-/m1/s1. The van der Waals surface area contributed by atoms with Crippen molar-refractivity contribution in [3.63, 3.8) is 0 Å². The van der Waals surface area contributed by atoms with Crippen LogP contribution in [0.25, 0.3) is 0 Å². The molecule has 3 heterocycles. The lowest BCUT2D eigenvalue weighted by molar-refractivity contribution is 0.191. The van der Waals surface area contributed by atoms with Crippen molar-refractivity contribution in [1.29, 1.82) is 0 Å². The van der Waals surface area contributed by atoms with Crippen molar-refractivity contribution in [1.82, 2.24) is 29.6 Å². The summed E-state index contributed by atoms with van der Waals surface area (Å²) >= 11 is 0. The molecule has 1 N–H and O–H groups in total. The molecule has 0 unspecified atom stereocenters. The van der Waals surface area contributed by atoms with Gasteiger partial charge in [-0.15, -0.1) is 0 Å². The van der Waals surface area contributed by atoms with Crippen molar-refractivity contribution in [3.8, 4) is 5.75 Å². The number of aromatic nitrogens is 5. The van der Waals surface area contributed by atoms with Crippen LogP contribution in [0.15, 0.2) is 24.8 Å². The van der Waals surface area contributed by atoms with Gasteiger partial charge in [0.05, 0.1) is 31.7 Å². The lowest BCUT2D eigenvalue weighted by Crippen LogP contribution is -2.37. The van der Waals surface area contributed by atoms with Crippen molar-refractivity contribution < 1.29 is 4.74 Å². The Bertz CT molecular complexity index is 944. The second kappa shape index (κ2) is 7.15. The minimum atomic E-state index is 0.0895. The quantitative estimate of drug-likeness (QED) is 0.752. The highest BCUT2D eigenvalue weighted by atomic mass is 16.5. The van der Waals surface area contributed by atoms with Gasteiger partial charge in [0.15, 0.2) is 0 Å². The summed E-state index contributed by atoms with van der Waals surface area (Å²) < 4.78 is 7.47. The summed E-state index contributed by atoms with van der Waals surface area (Å²) in [6, 6.07) is 4.45. The fraction of sp³-hybridized carbons (Fsp3) is 0.450. The number of rotatable bonds is 5. The van der Waals surface area contributed by atoms with Crippen LogP contribution in [0.1, 0.15) is 46.9 Å². The zero-order valence-electron chi connectivity index (χ0n) is 16.4. The van der Waals surface area contributed by atoms with Gasteiger partial charge in [0, 0.05) is 25.2 Å². The second-order valence-electron chi connectivity index (χ2n) is 7.06. The highest BCUT2D eigenvalue weighted by Gasteiger charge is 2.33. The summed E-state index contributed by atoms with van der Waals surface area (Å²) in [5.41, 5.74) is 5.94. The molecular weight excluding hydrogens is 340 g/mol. The number of hydrogen-bond acceptors (Lipinski definition) is 5. The minimum Gasteiger partial charge on any atom is -0.496 e. The molecule has 0 saturated carbocycles. The van der Waals surface area contributed by atoms with Crippen LogP contribution < -0.4 is 4.74 Å². The minimum absolute atomic E-state index is 0.0895. The number of benzene rings is 1. The Morgan fingerprint density at radius 3 is 2.85 bits per heavy atom. The van der Waals surface area contributed by atoms with Gasteiger partial charge < -0.3 is 9.72 Å². The van der Waals surface area contributed by atoms with E-state index in [0.29, 0.717) is 0 Å². The van der Waals surface area contributed by atoms with Crippen LogP contribution in [0.3, 0.4) is 0 Å². The Kier molecular flexibility index (Phi) is 4.70. The molecule has 0 radical (unpaired) electrons. The zero-order valence-corrected chi connectivity index (χ0v) is 16.4. The fourth-order valence-corrected chi connectivity index (χ4v) is 4.02. The van der Waals surface area contributed by atoms with E-state index in [9.17, 15) is 0 Å². The van der Waals surface area contributed by atoms with Gasteiger partial charge in [-0.1, -0.05) is 6.07 Å². The summed E-state index contributed by atoms with van der Waals surface area (Å²) in [6.45, 7) is 8.84. The molecule has 0 saturated heterocycles. The molecule has 142 valence electrons. The second-order valence-corrected chi connectivity index (χ2v) is 7.06. The monoisotopic (exact) mass is 366 g/mol. The Labute approximate surface area is 159 Å². The molecule has 0 spiro atoms. The maximum absolute atomic E-state index is 5.51. The molecule has 7 nitrogen and oxygen atoms in total. The van der Waals surface area contributed by atoms with Gasteiger partial charge in [0.2, 0.25) is 0 Å². The van der Waals surface area contributed by atoms with E-state index in [0.717, 1.165) is 48.9 Å². The molecule has 0 amide bonds. The molecule has 0 bridgehead atoms. The van der Waals surface area contributed by atoms with E-state index in [2.05, 4.69) is 57.9 Å². The van der Waals surface area contributed by atoms with E-state index in [-0.39, 0.29) is 6.04 Å². The average molecular weight is 366 g/mol. The van der Waals surface area contributed by atoms with Crippen molar-refractivity contribution in [3.05, 3.63) is 58.7 Å². The number of H-pyrrole nitrogens is 1. The predicted molar refractivity (Wildman–Crippen MR) is 103 cm³/mol. The Balaban J connectivity index is 1.77. The third kappa shape index (κ3) is 3.12. The number of imidazole rings is 1. The van der Waals surface area contributed by atoms with Gasteiger partial charge in [0.25, 0.3) is 0 Å². The molecule has 27 heavy (non-hydrogen) atoms. The third-order valence-electron chi connectivity index (χ3n) is 5.44. The van der Waals surface area contributed by atoms with Crippen LogP contribution in [-0.2, 0) is 19.5 Å². The Morgan fingerprint density at radius 1 is 1.22 bits per heavy atom. The van der Waals surface area contributed by atoms with Crippen LogP contribution in [0, 0.1) is 13.8 Å². The molecule has 1 aliphatic heterocycles. The third-order valence-corrected chi connectivity index (χ3v) is 5.44. The van der Waals surface area contributed by atoms with E-state index in [1.165, 1.54) is 16.8 Å². The molecule has 2 aromatic heterocycles. The number of fused-ring (bicyclic) bond motifs is 1. The van der Waals surface area contributed by atoms with Crippen molar-refractivity contribution in [2.24, 2.45) is 0 Å². The van der Waals surface area contributed by atoms with E-state index >= 15 is 0 Å². The summed E-state index contributed by atoms with van der Waals surface area (Å²) in [5.74, 6) is 1.91. The van der Waals surface area contributed by atoms with Gasteiger partial charge in [-0.05, 0) is 43.5 Å². The molecule has 7 heteroatoms. The number of hydrogen-bond donors (Lipinski definition) is 1. The van der Waals surface area contributed by atoms with Crippen molar-refractivity contribution in [2.75, 3.05) is 13.7 Å². The first-order chi connectivity index (χ1) is 13.1. The molecule has 0 aliphatic carbocycles. The molecule has 3 aromatic rings. The van der Waals surface area contributed by atoms with Crippen LogP contribution in [0.2, 0.25) is 0 Å². The number of aromatic amines is 1. The van der Waals surface area contributed by atoms with E-state index in [4.69, 9.17) is 4.74 Å². The van der Waals surface area contributed by atoms with Crippen LogP contribution in [-0.4, -0.2) is 43.3 Å². The van der Waals surface area contributed by atoms with Crippen LogP contribution in [0.5, 0.6) is 5.75 Å². The lowest BCUT2D eigenvalue weighted by atomic mass is 9.91. The number of ether oxygens (including phenoxy) is 1. The van der Waals surface area contributed by atoms with Crippen LogP contribution in [0.4, 0.5) is 0 Å². The largest absolute Gasteiger partial charge is 0.496 e. The SMILES string of the molecule is CCn1ncnc1CN1CCc2[nH]cnc2[C@H]1c1cc(C)c(OC)cc1C. The molecule has 1 aromatic carbocycles. The molecule has 1 aliphatic rings. The first-order valence-electron chi connectivity index (χ1n) is 9.40. The first-order valence-corrected chi connectivity index (χ1v) is 9.40. The van der Waals surface area contributed by atoms with E-state index < -0.39 is 0 Å². The Hall–Kier alpha value is -2.67. The maximum Gasteiger partial charge on any atom is 0.141 e. The van der Waals surface area contributed by atoms with E-state index in [1.807, 2.05) is 4.68 Å². The van der Waals surface area contributed by atoms with Crippen molar-refractivity contribution in [2.45, 2.75) is 46.3 Å². The number of nitrogens with zero attached hydrogens (tertiary/aromatic N) is 5. The first kappa shape index (κ1) is 17.7. The molecule has 0 fully saturated rings. The number of aryl methyl sites for hydroxylation is 3. The number of methoxy groups -OCH3 is 1. The zero-order chi connectivity index (χ0) is 19.0. The van der Waals surface area contributed by atoms with Gasteiger partial charge >= 0.3 is 0 Å². The predicted octanol–water partition coefficient (Wildman–Crippen LogP) is 2.79. The summed E-state index contributed by atoms with van der Waals surface area (Å²) in [7, 11) is 1.72. The van der Waals surface area contributed by atoms with Gasteiger partial charge in [-0.2, -0.15) is 5.10 Å². The highest BCUT2D eigenvalue weighted by molar-refractivity contribution is 5.46. The topological polar surface area (TPSA) is 71.9 Å². The number of nitrogens with one attached hydrogen (secondary N) is 1. The normalized spacial score (nSPS) is 17.1. The van der Waals surface area contributed by atoms with Crippen LogP contribution >= 0.6 is 0 Å². The maximum atomic E-state index is 5.51.